The lowest BCUT2D eigenvalue weighted by molar-refractivity contribution is 0.672. The summed E-state index contributed by atoms with van der Waals surface area (Å²) in [4.78, 5) is 10.1. The summed E-state index contributed by atoms with van der Waals surface area (Å²) in [6, 6.07) is 39.6. The summed E-state index contributed by atoms with van der Waals surface area (Å²) in [5.74, 6) is 0.784. The second-order valence-electron chi connectivity index (χ2n) is 10.2. The Labute approximate surface area is 231 Å². The zero-order valence-corrected chi connectivity index (χ0v) is 21.8. The molecule has 0 saturated heterocycles. The summed E-state index contributed by atoms with van der Waals surface area (Å²) in [5, 5.41) is 2.27. The van der Waals surface area contributed by atoms with Gasteiger partial charge in [-0.15, -0.1) is 0 Å². The topological polar surface area (TPSA) is 43.9 Å². The number of hydrogen-bond donors (Lipinski definition) is 0. The smallest absolute Gasteiger partial charge is 0.161 e. The summed E-state index contributed by atoms with van der Waals surface area (Å²) in [7, 11) is 0. The molecule has 0 unspecified atom stereocenters. The minimum Gasteiger partial charge on any atom is -0.454 e. The third-order valence-electron chi connectivity index (χ3n) is 7.75. The van der Waals surface area contributed by atoms with Crippen LogP contribution in [0.1, 0.15) is 18.7 Å². The number of benzene rings is 4. The number of furan rings is 1. The average molecular weight is 516 g/mol. The van der Waals surface area contributed by atoms with Gasteiger partial charge in [-0.2, -0.15) is 0 Å². The molecule has 1 aliphatic rings. The van der Waals surface area contributed by atoms with Gasteiger partial charge in [0.2, 0.25) is 0 Å². The molecule has 4 nitrogen and oxygen atoms in total. The fourth-order valence-corrected chi connectivity index (χ4v) is 5.82. The fourth-order valence-electron chi connectivity index (χ4n) is 5.82. The van der Waals surface area contributed by atoms with Crippen molar-refractivity contribution in [3.05, 3.63) is 133 Å². The van der Waals surface area contributed by atoms with Gasteiger partial charge in [-0.1, -0.05) is 91.0 Å². The van der Waals surface area contributed by atoms with Gasteiger partial charge in [-0.25, -0.2) is 9.97 Å². The van der Waals surface area contributed by atoms with Crippen LogP contribution in [0, 0.1) is 0 Å². The van der Waals surface area contributed by atoms with Crippen molar-refractivity contribution in [2.45, 2.75) is 12.8 Å². The third kappa shape index (κ3) is 3.69. The lowest BCUT2D eigenvalue weighted by atomic mass is 10.00. The lowest BCUT2D eigenvalue weighted by Gasteiger charge is -2.18. The van der Waals surface area contributed by atoms with Gasteiger partial charge in [0.1, 0.15) is 11.1 Å². The number of para-hydroxylation sites is 2. The fraction of sp³-hybridized carbons (Fsp3) is 0.0556. The minimum absolute atomic E-state index is 0.784. The quantitative estimate of drug-likeness (QED) is 0.234. The van der Waals surface area contributed by atoms with E-state index in [1.54, 1.807) is 0 Å². The van der Waals surface area contributed by atoms with Crippen LogP contribution in [-0.2, 0) is 0 Å². The van der Waals surface area contributed by atoms with Gasteiger partial charge in [-0.05, 0) is 54.8 Å². The van der Waals surface area contributed by atoms with E-state index in [4.69, 9.17) is 14.4 Å². The maximum Gasteiger partial charge on any atom is 0.161 e. The molecule has 0 atom stereocenters. The maximum absolute atomic E-state index is 6.35. The highest BCUT2D eigenvalue weighted by atomic mass is 16.3. The highest BCUT2D eigenvalue weighted by molar-refractivity contribution is 6.17. The largest absolute Gasteiger partial charge is 0.454 e. The van der Waals surface area contributed by atoms with Crippen LogP contribution in [0.5, 0.6) is 0 Å². The Morgan fingerprint density at radius 1 is 0.600 bits per heavy atom. The molecule has 40 heavy (non-hydrogen) atoms. The molecule has 8 rings (SSSR count). The van der Waals surface area contributed by atoms with Crippen LogP contribution in [0.4, 0.5) is 0 Å². The van der Waals surface area contributed by atoms with Crippen molar-refractivity contribution < 1.29 is 4.42 Å². The Balaban J connectivity index is 1.28. The first-order valence-electron chi connectivity index (χ1n) is 13.6. The molecule has 3 heterocycles. The molecule has 3 aromatic heterocycles. The standard InChI is InChI=1S/C36H25N3O/c1-3-11-24(12-4-1)30-23-31(25-13-5-2-6-14-25)38-36(37-30)26-19-21-27(22-20-26)39-32-17-9-7-15-28(32)35-34(39)29-16-8-10-18-33(29)40-35/h1-19,21,23H,20,22H2. The van der Waals surface area contributed by atoms with Gasteiger partial charge < -0.3 is 8.98 Å². The molecule has 0 radical (unpaired) electrons. The van der Waals surface area contributed by atoms with Crippen molar-refractivity contribution in [2.24, 2.45) is 0 Å². The zero-order chi connectivity index (χ0) is 26.5. The second-order valence-corrected chi connectivity index (χ2v) is 10.2. The molecular formula is C36H25N3O. The van der Waals surface area contributed by atoms with E-state index in [0.717, 1.165) is 74.2 Å². The molecule has 1 aliphatic carbocycles. The molecule has 7 aromatic rings. The van der Waals surface area contributed by atoms with Crippen LogP contribution >= 0.6 is 0 Å². The second kappa shape index (κ2) is 9.21. The molecule has 0 aliphatic heterocycles. The van der Waals surface area contributed by atoms with E-state index in [-0.39, 0.29) is 0 Å². The summed E-state index contributed by atoms with van der Waals surface area (Å²) >= 11 is 0. The number of allylic oxidation sites excluding steroid dienone is 4. The first-order chi connectivity index (χ1) is 19.8. The SMILES string of the molecule is C1=C(c2nc(-c3ccccc3)cc(-c3ccccc3)n2)CCC(n2c3ccccc3c3oc4ccccc4c32)=C1. The molecule has 0 saturated carbocycles. The monoisotopic (exact) mass is 515 g/mol. The predicted octanol–water partition coefficient (Wildman–Crippen LogP) is 9.38. The Morgan fingerprint density at radius 2 is 1.23 bits per heavy atom. The predicted molar refractivity (Wildman–Crippen MR) is 164 cm³/mol. The van der Waals surface area contributed by atoms with Gasteiger partial charge in [0.15, 0.2) is 11.4 Å². The first kappa shape index (κ1) is 22.7. The lowest BCUT2D eigenvalue weighted by Crippen LogP contribution is -2.04. The van der Waals surface area contributed by atoms with Crippen LogP contribution < -0.4 is 0 Å². The van der Waals surface area contributed by atoms with Crippen molar-refractivity contribution in [2.75, 3.05) is 0 Å². The molecule has 4 aromatic carbocycles. The molecule has 0 bridgehead atoms. The number of rotatable bonds is 4. The van der Waals surface area contributed by atoms with Gasteiger partial charge in [-0.3, -0.25) is 0 Å². The number of fused-ring (bicyclic) bond motifs is 5. The highest BCUT2D eigenvalue weighted by Gasteiger charge is 2.22. The Morgan fingerprint density at radius 3 is 1.90 bits per heavy atom. The van der Waals surface area contributed by atoms with Crippen molar-refractivity contribution in [1.29, 1.82) is 0 Å². The molecule has 0 amide bonds. The van der Waals surface area contributed by atoms with E-state index in [1.807, 2.05) is 24.3 Å². The van der Waals surface area contributed by atoms with E-state index in [1.165, 1.54) is 11.2 Å². The van der Waals surface area contributed by atoms with Crippen LogP contribution in [0.15, 0.2) is 132 Å². The van der Waals surface area contributed by atoms with E-state index < -0.39 is 0 Å². The summed E-state index contributed by atoms with van der Waals surface area (Å²) in [6.45, 7) is 0. The molecular weight excluding hydrogens is 490 g/mol. The van der Waals surface area contributed by atoms with Crippen molar-refractivity contribution in [3.8, 4) is 22.5 Å². The van der Waals surface area contributed by atoms with E-state index in [0.29, 0.717) is 0 Å². The molecule has 190 valence electrons. The van der Waals surface area contributed by atoms with E-state index >= 15 is 0 Å². The molecule has 0 N–H and O–H groups in total. The van der Waals surface area contributed by atoms with Gasteiger partial charge in [0.25, 0.3) is 0 Å². The zero-order valence-electron chi connectivity index (χ0n) is 21.8. The van der Waals surface area contributed by atoms with Crippen molar-refractivity contribution >= 4 is 44.2 Å². The van der Waals surface area contributed by atoms with Gasteiger partial charge >= 0.3 is 0 Å². The average Bonchev–Trinajstić information content (AvgIpc) is 3.57. The van der Waals surface area contributed by atoms with Crippen LogP contribution in [0.25, 0.3) is 66.8 Å². The third-order valence-corrected chi connectivity index (χ3v) is 7.75. The van der Waals surface area contributed by atoms with E-state index in [9.17, 15) is 0 Å². The minimum atomic E-state index is 0.784. The van der Waals surface area contributed by atoms with Gasteiger partial charge in [0.05, 0.1) is 16.9 Å². The maximum atomic E-state index is 6.35. The van der Waals surface area contributed by atoms with Gasteiger partial charge in [0, 0.05) is 27.6 Å². The molecule has 0 fully saturated rings. The van der Waals surface area contributed by atoms with Crippen molar-refractivity contribution in [3.63, 3.8) is 0 Å². The summed E-state index contributed by atoms with van der Waals surface area (Å²) < 4.78 is 8.73. The molecule has 0 spiro atoms. The highest BCUT2D eigenvalue weighted by Crippen LogP contribution is 2.41. The van der Waals surface area contributed by atoms with E-state index in [2.05, 4.69) is 108 Å². The number of hydrogen-bond acceptors (Lipinski definition) is 3. The Kier molecular flexibility index (Phi) is 5.23. The van der Waals surface area contributed by atoms with Crippen molar-refractivity contribution in [1.82, 2.24) is 14.5 Å². The van der Waals surface area contributed by atoms with Crippen LogP contribution in [-0.4, -0.2) is 14.5 Å². The number of nitrogens with zero attached hydrogens (tertiary/aromatic N) is 3. The van der Waals surface area contributed by atoms with Crippen LogP contribution in [0.3, 0.4) is 0 Å². The van der Waals surface area contributed by atoms with Crippen LogP contribution in [0.2, 0.25) is 0 Å². The summed E-state index contributed by atoms with van der Waals surface area (Å²) in [5.41, 5.74) is 10.6. The Bertz CT molecular complexity index is 2030. The molecule has 4 heteroatoms. The summed E-state index contributed by atoms with van der Waals surface area (Å²) in [6.07, 6.45) is 6.15. The first-order valence-corrected chi connectivity index (χ1v) is 13.6. The Hall–Kier alpha value is -5.22. The number of aromatic nitrogens is 3. The normalized spacial score (nSPS) is 13.6.